The first-order valence-electron chi connectivity index (χ1n) is 4.55. The Bertz CT molecular complexity index is 355. The summed E-state index contributed by atoms with van der Waals surface area (Å²) in [6.07, 6.45) is 0.922. The van der Waals surface area contributed by atoms with E-state index in [1.165, 1.54) is 0 Å². The van der Waals surface area contributed by atoms with Crippen LogP contribution in [-0.4, -0.2) is 6.29 Å². The van der Waals surface area contributed by atoms with Gasteiger partial charge in [0, 0.05) is 18.9 Å². The van der Waals surface area contributed by atoms with E-state index in [9.17, 15) is 18.0 Å². The smallest absolute Gasteiger partial charge is 0.270 e. The maximum Gasteiger partial charge on any atom is 0.270 e. The normalized spacial score (nSPS) is 11.5. The van der Waals surface area contributed by atoms with Crippen LogP contribution < -0.4 is 0 Å². The first-order valence-corrected chi connectivity index (χ1v) is 4.55. The van der Waals surface area contributed by atoms with Crippen molar-refractivity contribution in [3.8, 4) is 0 Å². The standard InChI is InChI=1S/C11H11F3O/c1-11(13,14)9-4-5-10(12)8(7-9)3-2-6-15/h4-7H,2-3H2,1H3. The molecular formula is C11H11F3O. The third-order valence-corrected chi connectivity index (χ3v) is 2.08. The monoisotopic (exact) mass is 216 g/mol. The Morgan fingerprint density at radius 2 is 2.07 bits per heavy atom. The first-order chi connectivity index (χ1) is 6.95. The van der Waals surface area contributed by atoms with Gasteiger partial charge in [-0.05, 0) is 24.1 Å². The highest BCUT2D eigenvalue weighted by atomic mass is 19.3. The summed E-state index contributed by atoms with van der Waals surface area (Å²) >= 11 is 0. The van der Waals surface area contributed by atoms with Gasteiger partial charge in [0.1, 0.15) is 12.1 Å². The van der Waals surface area contributed by atoms with Gasteiger partial charge in [-0.25, -0.2) is 13.2 Å². The molecule has 0 aliphatic heterocycles. The van der Waals surface area contributed by atoms with Crippen molar-refractivity contribution in [2.75, 3.05) is 0 Å². The first kappa shape index (κ1) is 11.8. The van der Waals surface area contributed by atoms with Gasteiger partial charge in [-0.15, -0.1) is 0 Å². The van der Waals surface area contributed by atoms with Crippen LogP contribution in [0.5, 0.6) is 0 Å². The second kappa shape index (κ2) is 4.47. The summed E-state index contributed by atoms with van der Waals surface area (Å²) in [5.74, 6) is -3.53. The van der Waals surface area contributed by atoms with Crippen molar-refractivity contribution in [2.24, 2.45) is 0 Å². The summed E-state index contributed by atoms with van der Waals surface area (Å²) in [4.78, 5) is 10.1. The largest absolute Gasteiger partial charge is 0.303 e. The minimum atomic E-state index is -2.98. The van der Waals surface area contributed by atoms with E-state index in [0.717, 1.165) is 25.1 Å². The van der Waals surface area contributed by atoms with Crippen molar-refractivity contribution >= 4 is 6.29 Å². The van der Waals surface area contributed by atoms with Gasteiger partial charge in [-0.2, -0.15) is 0 Å². The Kier molecular flexibility index (Phi) is 3.50. The number of halogens is 3. The van der Waals surface area contributed by atoms with Gasteiger partial charge in [-0.3, -0.25) is 0 Å². The third-order valence-electron chi connectivity index (χ3n) is 2.08. The van der Waals surface area contributed by atoms with E-state index in [4.69, 9.17) is 0 Å². The number of alkyl halides is 2. The topological polar surface area (TPSA) is 17.1 Å². The van der Waals surface area contributed by atoms with Gasteiger partial charge in [0.25, 0.3) is 5.92 Å². The molecule has 0 N–H and O–H groups in total. The molecule has 1 rings (SSSR count). The van der Waals surface area contributed by atoms with Crippen molar-refractivity contribution in [3.05, 3.63) is 35.1 Å². The number of carbonyl (C=O) groups is 1. The third kappa shape index (κ3) is 3.08. The highest BCUT2D eigenvalue weighted by Gasteiger charge is 2.24. The lowest BCUT2D eigenvalue weighted by atomic mass is 10.0. The van der Waals surface area contributed by atoms with E-state index in [1.807, 2.05) is 0 Å². The lowest BCUT2D eigenvalue weighted by molar-refractivity contribution is -0.107. The maximum absolute atomic E-state index is 13.1. The molecular weight excluding hydrogens is 205 g/mol. The average molecular weight is 216 g/mol. The van der Waals surface area contributed by atoms with Gasteiger partial charge in [-0.1, -0.05) is 6.07 Å². The van der Waals surface area contributed by atoms with Crippen molar-refractivity contribution in [1.29, 1.82) is 0 Å². The number of hydrogen-bond acceptors (Lipinski definition) is 1. The van der Waals surface area contributed by atoms with Gasteiger partial charge in [0.05, 0.1) is 0 Å². The molecule has 0 amide bonds. The Balaban J connectivity index is 3.00. The molecule has 1 aromatic carbocycles. The molecule has 0 saturated carbocycles. The number of aryl methyl sites for hydroxylation is 1. The Morgan fingerprint density at radius 1 is 1.40 bits per heavy atom. The quantitative estimate of drug-likeness (QED) is 0.707. The molecule has 0 unspecified atom stereocenters. The minimum Gasteiger partial charge on any atom is -0.303 e. The lowest BCUT2D eigenvalue weighted by Gasteiger charge is -2.12. The van der Waals surface area contributed by atoms with Crippen LogP contribution in [-0.2, 0) is 17.1 Å². The number of rotatable bonds is 4. The second-order valence-corrected chi connectivity index (χ2v) is 3.40. The molecule has 0 bridgehead atoms. The average Bonchev–Trinajstić information content (AvgIpc) is 2.15. The number of hydrogen-bond donors (Lipinski definition) is 0. The van der Waals surface area contributed by atoms with Crippen LogP contribution in [0.1, 0.15) is 24.5 Å². The molecule has 0 radical (unpaired) electrons. The van der Waals surface area contributed by atoms with Crippen LogP contribution in [0, 0.1) is 5.82 Å². The molecule has 15 heavy (non-hydrogen) atoms. The fraction of sp³-hybridized carbons (Fsp3) is 0.364. The molecule has 4 heteroatoms. The molecule has 0 aromatic heterocycles. The molecule has 0 fully saturated rings. The van der Waals surface area contributed by atoms with Gasteiger partial charge in [0.2, 0.25) is 0 Å². The summed E-state index contributed by atoms with van der Waals surface area (Å²) in [7, 11) is 0. The molecule has 0 saturated heterocycles. The van der Waals surface area contributed by atoms with Crippen LogP contribution >= 0.6 is 0 Å². The Morgan fingerprint density at radius 3 is 2.60 bits per heavy atom. The molecule has 0 heterocycles. The summed E-state index contributed by atoms with van der Waals surface area (Å²) < 4.78 is 38.9. The Hall–Kier alpha value is -1.32. The van der Waals surface area contributed by atoms with E-state index >= 15 is 0 Å². The molecule has 0 atom stereocenters. The van der Waals surface area contributed by atoms with E-state index in [0.29, 0.717) is 6.29 Å². The summed E-state index contributed by atoms with van der Waals surface area (Å²) in [5.41, 5.74) is -0.0778. The number of carbonyl (C=O) groups excluding carboxylic acids is 1. The van der Waals surface area contributed by atoms with Crippen LogP contribution in [0.25, 0.3) is 0 Å². The highest BCUT2D eigenvalue weighted by molar-refractivity contribution is 5.50. The SMILES string of the molecule is CC(F)(F)c1ccc(F)c(CCC=O)c1. The predicted molar refractivity (Wildman–Crippen MR) is 50.4 cm³/mol. The lowest BCUT2D eigenvalue weighted by Crippen LogP contribution is -2.08. The van der Waals surface area contributed by atoms with Crippen molar-refractivity contribution in [1.82, 2.24) is 0 Å². The summed E-state index contributed by atoms with van der Waals surface area (Å²) in [5, 5.41) is 0. The Labute approximate surface area is 85.9 Å². The van der Waals surface area contributed by atoms with Crippen LogP contribution in [0.15, 0.2) is 18.2 Å². The molecule has 82 valence electrons. The van der Waals surface area contributed by atoms with Gasteiger partial charge in [0.15, 0.2) is 0 Å². The number of aldehydes is 1. The molecule has 0 spiro atoms. The summed E-state index contributed by atoms with van der Waals surface area (Å²) in [6.45, 7) is 0.754. The van der Waals surface area contributed by atoms with E-state index in [2.05, 4.69) is 0 Å². The van der Waals surface area contributed by atoms with E-state index < -0.39 is 11.7 Å². The van der Waals surface area contributed by atoms with Crippen molar-refractivity contribution < 1.29 is 18.0 Å². The highest BCUT2D eigenvalue weighted by Crippen LogP contribution is 2.28. The maximum atomic E-state index is 13.1. The van der Waals surface area contributed by atoms with Crippen LogP contribution in [0.3, 0.4) is 0 Å². The molecule has 1 nitrogen and oxygen atoms in total. The number of benzene rings is 1. The predicted octanol–water partition coefficient (Wildman–Crippen LogP) is 3.07. The van der Waals surface area contributed by atoms with Crippen molar-refractivity contribution in [2.45, 2.75) is 25.7 Å². The zero-order chi connectivity index (χ0) is 11.5. The van der Waals surface area contributed by atoms with E-state index in [1.54, 1.807) is 0 Å². The van der Waals surface area contributed by atoms with Gasteiger partial charge < -0.3 is 4.79 Å². The van der Waals surface area contributed by atoms with Crippen LogP contribution in [0.2, 0.25) is 0 Å². The minimum absolute atomic E-state index is 0.135. The molecule has 1 aromatic rings. The second-order valence-electron chi connectivity index (χ2n) is 3.40. The fourth-order valence-corrected chi connectivity index (χ4v) is 1.25. The van der Waals surface area contributed by atoms with Crippen LogP contribution in [0.4, 0.5) is 13.2 Å². The zero-order valence-electron chi connectivity index (χ0n) is 8.27. The van der Waals surface area contributed by atoms with Crippen molar-refractivity contribution in [3.63, 3.8) is 0 Å². The van der Waals surface area contributed by atoms with Gasteiger partial charge >= 0.3 is 0 Å². The molecule has 0 aliphatic rings. The zero-order valence-corrected chi connectivity index (χ0v) is 8.27. The van der Waals surface area contributed by atoms with E-state index in [-0.39, 0.29) is 24.0 Å². The summed E-state index contributed by atoms with van der Waals surface area (Å²) in [6, 6.07) is 3.17. The molecule has 0 aliphatic carbocycles. The fourth-order valence-electron chi connectivity index (χ4n) is 1.25.